The number of rotatable bonds is 7. The van der Waals surface area contributed by atoms with Crippen LogP contribution in [-0.2, 0) is 0 Å². The van der Waals surface area contributed by atoms with Crippen LogP contribution in [0.1, 0.15) is 37.0 Å². The van der Waals surface area contributed by atoms with E-state index in [1.807, 2.05) is 13.8 Å². The fourth-order valence-corrected chi connectivity index (χ4v) is 2.48. The standard InChI is InChI=1S/C16H20F4N2O2/c1-9(2)21-11-7-8-12(11)22-14(23)10-5-3-4-6-13(10)24-16(19,20)15(17)18/h3-6,9,11-12,15,21H,7-8H2,1-2H3,(H,22,23). The van der Waals surface area contributed by atoms with E-state index in [1.165, 1.54) is 18.2 Å². The lowest BCUT2D eigenvalue weighted by atomic mass is 9.85. The van der Waals surface area contributed by atoms with E-state index in [0.717, 1.165) is 18.9 Å². The fourth-order valence-electron chi connectivity index (χ4n) is 2.48. The fraction of sp³-hybridized carbons (Fsp3) is 0.562. The highest BCUT2D eigenvalue weighted by molar-refractivity contribution is 5.97. The number of hydrogen-bond donors (Lipinski definition) is 2. The van der Waals surface area contributed by atoms with Crippen LogP contribution in [0.25, 0.3) is 0 Å². The predicted octanol–water partition coefficient (Wildman–Crippen LogP) is 3.18. The Morgan fingerprint density at radius 2 is 1.83 bits per heavy atom. The maximum atomic E-state index is 13.1. The number of halogens is 4. The van der Waals surface area contributed by atoms with Gasteiger partial charge < -0.3 is 15.4 Å². The molecule has 4 nitrogen and oxygen atoms in total. The topological polar surface area (TPSA) is 50.4 Å². The molecule has 1 aliphatic carbocycles. The number of para-hydroxylation sites is 1. The molecule has 0 spiro atoms. The van der Waals surface area contributed by atoms with Crippen molar-refractivity contribution in [1.82, 2.24) is 10.6 Å². The molecule has 0 radical (unpaired) electrons. The van der Waals surface area contributed by atoms with Gasteiger partial charge in [0.25, 0.3) is 5.91 Å². The molecule has 0 bridgehead atoms. The summed E-state index contributed by atoms with van der Waals surface area (Å²) in [5.41, 5.74) is -0.201. The monoisotopic (exact) mass is 348 g/mol. The molecule has 2 atom stereocenters. The molecular formula is C16H20F4N2O2. The minimum atomic E-state index is -4.66. The summed E-state index contributed by atoms with van der Waals surface area (Å²) in [6, 6.07) is 5.32. The average Bonchev–Trinajstić information content (AvgIpc) is 2.49. The van der Waals surface area contributed by atoms with E-state index >= 15 is 0 Å². The third kappa shape index (κ3) is 4.37. The number of alkyl halides is 4. The third-order valence-corrected chi connectivity index (χ3v) is 3.77. The molecular weight excluding hydrogens is 328 g/mol. The molecule has 2 N–H and O–H groups in total. The second kappa shape index (κ2) is 7.38. The quantitative estimate of drug-likeness (QED) is 0.744. The number of carbonyl (C=O) groups excluding carboxylic acids is 1. The number of amides is 1. The second-order valence-corrected chi connectivity index (χ2v) is 6.05. The van der Waals surface area contributed by atoms with Crippen LogP contribution in [-0.4, -0.2) is 36.6 Å². The molecule has 8 heteroatoms. The van der Waals surface area contributed by atoms with Crippen molar-refractivity contribution < 1.29 is 27.1 Å². The Balaban J connectivity index is 2.07. The van der Waals surface area contributed by atoms with Crippen LogP contribution in [0.3, 0.4) is 0 Å². The maximum absolute atomic E-state index is 13.1. The van der Waals surface area contributed by atoms with Gasteiger partial charge in [-0.2, -0.15) is 17.6 Å². The zero-order valence-corrected chi connectivity index (χ0v) is 13.4. The lowest BCUT2D eigenvalue weighted by Gasteiger charge is -2.39. The van der Waals surface area contributed by atoms with Gasteiger partial charge in [0.05, 0.1) is 5.56 Å². The minimum absolute atomic E-state index is 0.101. The summed E-state index contributed by atoms with van der Waals surface area (Å²) in [7, 11) is 0. The van der Waals surface area contributed by atoms with Crippen LogP contribution >= 0.6 is 0 Å². The maximum Gasteiger partial charge on any atom is 0.461 e. The summed E-state index contributed by atoms with van der Waals surface area (Å²) in [5, 5.41) is 6.02. The Hall–Kier alpha value is -1.83. The van der Waals surface area contributed by atoms with E-state index in [1.54, 1.807) is 0 Å². The highest BCUT2D eigenvalue weighted by Gasteiger charge is 2.44. The van der Waals surface area contributed by atoms with E-state index in [0.29, 0.717) is 0 Å². The van der Waals surface area contributed by atoms with Gasteiger partial charge in [0, 0.05) is 18.1 Å². The van der Waals surface area contributed by atoms with Crippen molar-refractivity contribution in [2.45, 2.75) is 57.3 Å². The third-order valence-electron chi connectivity index (χ3n) is 3.77. The first kappa shape index (κ1) is 18.5. The molecule has 1 saturated carbocycles. The van der Waals surface area contributed by atoms with Crippen molar-refractivity contribution in [3.05, 3.63) is 29.8 Å². The summed E-state index contributed by atoms with van der Waals surface area (Å²) in [5.74, 6) is -1.20. The molecule has 1 fully saturated rings. The molecule has 134 valence electrons. The Labute approximate surface area is 137 Å². The van der Waals surface area contributed by atoms with E-state index in [2.05, 4.69) is 15.4 Å². The van der Waals surface area contributed by atoms with Gasteiger partial charge in [-0.05, 0) is 25.0 Å². The zero-order valence-electron chi connectivity index (χ0n) is 13.4. The van der Waals surface area contributed by atoms with Gasteiger partial charge in [-0.3, -0.25) is 4.79 Å². The molecule has 24 heavy (non-hydrogen) atoms. The van der Waals surface area contributed by atoms with E-state index in [-0.39, 0.29) is 23.7 Å². The number of ether oxygens (including phenoxy) is 1. The summed E-state index contributed by atoms with van der Waals surface area (Å²) in [4.78, 5) is 12.3. The second-order valence-electron chi connectivity index (χ2n) is 6.05. The summed E-state index contributed by atoms with van der Waals surface area (Å²) < 4.78 is 54.9. The van der Waals surface area contributed by atoms with Crippen LogP contribution in [0.5, 0.6) is 5.75 Å². The molecule has 1 aromatic rings. The molecule has 0 aliphatic heterocycles. The molecule has 1 aliphatic rings. The van der Waals surface area contributed by atoms with Crippen LogP contribution in [0.2, 0.25) is 0 Å². The Morgan fingerprint density at radius 1 is 1.21 bits per heavy atom. The van der Waals surface area contributed by atoms with Crippen molar-refractivity contribution in [1.29, 1.82) is 0 Å². The molecule has 1 amide bonds. The molecule has 1 aromatic carbocycles. The van der Waals surface area contributed by atoms with Crippen molar-refractivity contribution in [2.75, 3.05) is 0 Å². The minimum Gasteiger partial charge on any atom is -0.427 e. The van der Waals surface area contributed by atoms with Gasteiger partial charge in [0.15, 0.2) is 0 Å². The van der Waals surface area contributed by atoms with Crippen molar-refractivity contribution in [3.63, 3.8) is 0 Å². The average molecular weight is 348 g/mol. The van der Waals surface area contributed by atoms with Crippen LogP contribution in [0.4, 0.5) is 17.6 Å². The van der Waals surface area contributed by atoms with E-state index in [4.69, 9.17) is 0 Å². The first-order valence-electron chi connectivity index (χ1n) is 7.71. The highest BCUT2D eigenvalue weighted by Crippen LogP contribution is 2.30. The Kier molecular flexibility index (Phi) is 5.69. The van der Waals surface area contributed by atoms with Crippen LogP contribution in [0, 0.1) is 0 Å². The summed E-state index contributed by atoms with van der Waals surface area (Å²) in [6.07, 6.45) is -6.99. The van der Waals surface area contributed by atoms with Gasteiger partial charge >= 0.3 is 12.5 Å². The van der Waals surface area contributed by atoms with Gasteiger partial charge in [-0.25, -0.2) is 0 Å². The van der Waals surface area contributed by atoms with E-state index < -0.39 is 24.2 Å². The first-order chi connectivity index (χ1) is 11.2. The normalized spacial score (nSPS) is 20.8. The number of nitrogens with one attached hydrogen (secondary N) is 2. The molecule has 0 aromatic heterocycles. The van der Waals surface area contributed by atoms with Crippen molar-refractivity contribution >= 4 is 5.91 Å². The number of hydrogen-bond acceptors (Lipinski definition) is 3. The first-order valence-corrected chi connectivity index (χ1v) is 7.71. The Morgan fingerprint density at radius 3 is 2.38 bits per heavy atom. The summed E-state index contributed by atoms with van der Waals surface area (Å²) in [6.45, 7) is 3.96. The zero-order chi connectivity index (χ0) is 17.9. The molecule has 2 rings (SSSR count). The lowest BCUT2D eigenvalue weighted by Crippen LogP contribution is -2.58. The van der Waals surface area contributed by atoms with Crippen molar-refractivity contribution in [3.8, 4) is 5.75 Å². The van der Waals surface area contributed by atoms with Gasteiger partial charge in [0.1, 0.15) is 5.75 Å². The number of carbonyl (C=O) groups is 1. The van der Waals surface area contributed by atoms with Crippen LogP contribution < -0.4 is 15.4 Å². The Bertz CT molecular complexity index is 581. The van der Waals surface area contributed by atoms with Gasteiger partial charge in [-0.15, -0.1) is 0 Å². The number of benzene rings is 1. The highest BCUT2D eigenvalue weighted by atomic mass is 19.3. The SMILES string of the molecule is CC(C)NC1CCC1NC(=O)c1ccccc1OC(F)(F)C(F)F. The molecule has 2 unspecified atom stereocenters. The lowest BCUT2D eigenvalue weighted by molar-refractivity contribution is -0.253. The van der Waals surface area contributed by atoms with Crippen molar-refractivity contribution in [2.24, 2.45) is 0 Å². The summed E-state index contributed by atoms with van der Waals surface area (Å²) >= 11 is 0. The van der Waals surface area contributed by atoms with Gasteiger partial charge in [-0.1, -0.05) is 26.0 Å². The van der Waals surface area contributed by atoms with E-state index in [9.17, 15) is 22.4 Å². The van der Waals surface area contributed by atoms with Gasteiger partial charge in [0.2, 0.25) is 0 Å². The van der Waals surface area contributed by atoms with Crippen LogP contribution in [0.15, 0.2) is 24.3 Å². The largest absolute Gasteiger partial charge is 0.461 e. The molecule has 0 heterocycles. The smallest absolute Gasteiger partial charge is 0.427 e. The predicted molar refractivity (Wildman–Crippen MR) is 80.6 cm³/mol. The molecule has 0 saturated heterocycles.